The van der Waals surface area contributed by atoms with E-state index in [4.69, 9.17) is 11.6 Å². The molecular formula is C13H12ClN3O. The molecule has 0 aliphatic carbocycles. The molecule has 1 aromatic heterocycles. The number of hydrogen-bond acceptors (Lipinski definition) is 3. The first kappa shape index (κ1) is 12.4. The average molecular weight is 262 g/mol. The molecule has 2 N–H and O–H groups in total. The summed E-state index contributed by atoms with van der Waals surface area (Å²) in [5, 5.41) is 6.02. The molecule has 0 aliphatic rings. The van der Waals surface area contributed by atoms with Gasteiger partial charge in [-0.05, 0) is 36.4 Å². The van der Waals surface area contributed by atoms with Crippen LogP contribution in [-0.4, -0.2) is 17.9 Å². The van der Waals surface area contributed by atoms with Gasteiger partial charge in [0.2, 0.25) is 0 Å². The van der Waals surface area contributed by atoms with E-state index in [-0.39, 0.29) is 5.91 Å². The SMILES string of the molecule is CNc1ccc(C(=O)Nc2cccc(Cl)n2)cc1. The molecule has 18 heavy (non-hydrogen) atoms. The second-order valence-electron chi connectivity index (χ2n) is 3.63. The van der Waals surface area contributed by atoms with Crippen LogP contribution in [0.4, 0.5) is 11.5 Å². The molecule has 0 saturated heterocycles. The van der Waals surface area contributed by atoms with Crippen molar-refractivity contribution in [3.8, 4) is 0 Å². The number of nitrogens with one attached hydrogen (secondary N) is 2. The van der Waals surface area contributed by atoms with E-state index in [0.717, 1.165) is 5.69 Å². The van der Waals surface area contributed by atoms with E-state index >= 15 is 0 Å². The van der Waals surface area contributed by atoms with E-state index < -0.39 is 0 Å². The highest BCUT2D eigenvalue weighted by atomic mass is 35.5. The molecule has 0 spiro atoms. The number of benzene rings is 1. The molecule has 5 heteroatoms. The van der Waals surface area contributed by atoms with Crippen molar-refractivity contribution in [2.45, 2.75) is 0 Å². The van der Waals surface area contributed by atoms with Crippen molar-refractivity contribution in [2.24, 2.45) is 0 Å². The first-order valence-corrected chi connectivity index (χ1v) is 5.78. The van der Waals surface area contributed by atoms with Crippen molar-refractivity contribution in [1.82, 2.24) is 4.98 Å². The van der Waals surface area contributed by atoms with Crippen LogP contribution in [0.5, 0.6) is 0 Å². The third kappa shape index (κ3) is 2.99. The van der Waals surface area contributed by atoms with Crippen LogP contribution in [0.3, 0.4) is 0 Å². The fourth-order valence-electron chi connectivity index (χ4n) is 1.45. The Morgan fingerprint density at radius 1 is 1.17 bits per heavy atom. The summed E-state index contributed by atoms with van der Waals surface area (Å²) in [6, 6.07) is 12.2. The topological polar surface area (TPSA) is 54.0 Å². The second kappa shape index (κ2) is 5.51. The largest absolute Gasteiger partial charge is 0.388 e. The number of aromatic nitrogens is 1. The molecule has 4 nitrogen and oxygen atoms in total. The summed E-state index contributed by atoms with van der Waals surface area (Å²) in [6.07, 6.45) is 0. The van der Waals surface area contributed by atoms with Crippen LogP contribution in [0.1, 0.15) is 10.4 Å². The van der Waals surface area contributed by atoms with Crippen molar-refractivity contribution >= 4 is 29.0 Å². The van der Waals surface area contributed by atoms with E-state index in [1.54, 1.807) is 30.3 Å². The fourth-order valence-corrected chi connectivity index (χ4v) is 1.62. The molecule has 0 atom stereocenters. The third-order valence-corrected chi connectivity index (χ3v) is 2.60. The molecule has 92 valence electrons. The summed E-state index contributed by atoms with van der Waals surface area (Å²) in [5.41, 5.74) is 1.52. The van der Waals surface area contributed by atoms with Gasteiger partial charge < -0.3 is 10.6 Å². The van der Waals surface area contributed by atoms with Gasteiger partial charge in [0.1, 0.15) is 11.0 Å². The zero-order valence-electron chi connectivity index (χ0n) is 9.77. The summed E-state index contributed by atoms with van der Waals surface area (Å²) in [7, 11) is 1.82. The Hall–Kier alpha value is -2.07. The number of rotatable bonds is 3. The summed E-state index contributed by atoms with van der Waals surface area (Å²) in [6.45, 7) is 0. The number of anilines is 2. The first-order chi connectivity index (χ1) is 8.69. The molecule has 1 heterocycles. The lowest BCUT2D eigenvalue weighted by atomic mass is 10.2. The van der Waals surface area contributed by atoms with E-state index in [2.05, 4.69) is 15.6 Å². The maximum Gasteiger partial charge on any atom is 0.256 e. The normalized spacial score (nSPS) is 9.89. The van der Waals surface area contributed by atoms with Crippen molar-refractivity contribution in [1.29, 1.82) is 0 Å². The fraction of sp³-hybridized carbons (Fsp3) is 0.0769. The zero-order chi connectivity index (χ0) is 13.0. The Balaban J connectivity index is 2.11. The smallest absolute Gasteiger partial charge is 0.256 e. The Morgan fingerprint density at radius 3 is 2.50 bits per heavy atom. The summed E-state index contributed by atoms with van der Waals surface area (Å²) < 4.78 is 0. The maximum absolute atomic E-state index is 11.9. The first-order valence-electron chi connectivity index (χ1n) is 5.41. The summed E-state index contributed by atoms with van der Waals surface area (Å²) in [5.74, 6) is 0.220. The van der Waals surface area contributed by atoms with Crippen molar-refractivity contribution < 1.29 is 4.79 Å². The number of nitrogens with zero attached hydrogens (tertiary/aromatic N) is 1. The molecule has 2 rings (SSSR count). The third-order valence-electron chi connectivity index (χ3n) is 2.39. The minimum atomic E-state index is -0.215. The number of carbonyl (C=O) groups is 1. The van der Waals surface area contributed by atoms with Gasteiger partial charge in [-0.3, -0.25) is 4.79 Å². The van der Waals surface area contributed by atoms with Gasteiger partial charge in [0, 0.05) is 18.3 Å². The molecule has 0 radical (unpaired) electrons. The highest BCUT2D eigenvalue weighted by Gasteiger charge is 2.06. The Morgan fingerprint density at radius 2 is 1.89 bits per heavy atom. The number of hydrogen-bond donors (Lipinski definition) is 2. The van der Waals surface area contributed by atoms with Crippen LogP contribution >= 0.6 is 11.6 Å². The van der Waals surface area contributed by atoms with Gasteiger partial charge in [0.25, 0.3) is 5.91 Å². The van der Waals surface area contributed by atoms with Crippen LogP contribution < -0.4 is 10.6 Å². The maximum atomic E-state index is 11.9. The van der Waals surface area contributed by atoms with Gasteiger partial charge in [-0.25, -0.2) is 4.98 Å². The molecule has 1 aromatic carbocycles. The lowest BCUT2D eigenvalue weighted by molar-refractivity contribution is 0.102. The van der Waals surface area contributed by atoms with Gasteiger partial charge in [0.05, 0.1) is 0 Å². The van der Waals surface area contributed by atoms with Crippen LogP contribution in [0, 0.1) is 0 Å². The van der Waals surface area contributed by atoms with Gasteiger partial charge in [-0.15, -0.1) is 0 Å². The lowest BCUT2D eigenvalue weighted by Crippen LogP contribution is -2.12. The van der Waals surface area contributed by atoms with E-state index in [9.17, 15) is 4.79 Å². The molecule has 2 aromatic rings. The van der Waals surface area contributed by atoms with Gasteiger partial charge >= 0.3 is 0 Å². The summed E-state index contributed by atoms with van der Waals surface area (Å²) in [4.78, 5) is 15.9. The predicted molar refractivity (Wildman–Crippen MR) is 73.2 cm³/mol. The molecule has 0 fully saturated rings. The van der Waals surface area contributed by atoms with Gasteiger partial charge in [-0.1, -0.05) is 17.7 Å². The van der Waals surface area contributed by atoms with Crippen molar-refractivity contribution in [3.63, 3.8) is 0 Å². The Kier molecular flexibility index (Phi) is 3.79. The highest BCUT2D eigenvalue weighted by molar-refractivity contribution is 6.29. The molecular weight excluding hydrogens is 250 g/mol. The molecule has 0 unspecified atom stereocenters. The van der Waals surface area contributed by atoms with Gasteiger partial charge in [0.15, 0.2) is 0 Å². The van der Waals surface area contributed by atoms with Crippen LogP contribution in [0.2, 0.25) is 5.15 Å². The standard InChI is InChI=1S/C13H12ClN3O/c1-15-10-7-5-9(6-8-10)13(18)17-12-4-2-3-11(14)16-12/h2-8,15H,1H3,(H,16,17,18). The number of carbonyl (C=O) groups excluding carboxylic acids is 1. The van der Waals surface area contributed by atoms with Crippen LogP contribution in [0.15, 0.2) is 42.5 Å². The zero-order valence-corrected chi connectivity index (χ0v) is 10.5. The summed E-state index contributed by atoms with van der Waals surface area (Å²) >= 11 is 5.74. The average Bonchev–Trinajstić information content (AvgIpc) is 2.39. The molecule has 0 saturated carbocycles. The minimum absolute atomic E-state index is 0.215. The Bertz CT molecular complexity index is 554. The number of pyridine rings is 1. The van der Waals surface area contributed by atoms with Crippen LogP contribution in [-0.2, 0) is 0 Å². The minimum Gasteiger partial charge on any atom is -0.388 e. The van der Waals surface area contributed by atoms with Gasteiger partial charge in [-0.2, -0.15) is 0 Å². The molecule has 1 amide bonds. The van der Waals surface area contributed by atoms with E-state index in [0.29, 0.717) is 16.5 Å². The monoisotopic (exact) mass is 261 g/mol. The predicted octanol–water partition coefficient (Wildman–Crippen LogP) is 3.03. The van der Waals surface area contributed by atoms with E-state index in [1.165, 1.54) is 0 Å². The van der Waals surface area contributed by atoms with Crippen molar-refractivity contribution in [2.75, 3.05) is 17.7 Å². The van der Waals surface area contributed by atoms with E-state index in [1.807, 2.05) is 19.2 Å². The molecule has 0 aliphatic heterocycles. The Labute approximate surface area is 110 Å². The quantitative estimate of drug-likeness (QED) is 0.835. The van der Waals surface area contributed by atoms with Crippen molar-refractivity contribution in [3.05, 3.63) is 53.2 Å². The highest BCUT2D eigenvalue weighted by Crippen LogP contribution is 2.12. The second-order valence-corrected chi connectivity index (χ2v) is 4.01. The number of halogens is 1. The molecule has 0 bridgehead atoms. The lowest BCUT2D eigenvalue weighted by Gasteiger charge is -2.05. The van der Waals surface area contributed by atoms with Crippen LogP contribution in [0.25, 0.3) is 0 Å². The number of amides is 1.